The zero-order valence-electron chi connectivity index (χ0n) is 12.0. The Morgan fingerprint density at radius 2 is 2.17 bits per heavy atom. The molecule has 1 saturated carbocycles. The van der Waals surface area contributed by atoms with Gasteiger partial charge < -0.3 is 14.8 Å². The van der Waals surface area contributed by atoms with E-state index in [2.05, 4.69) is 12.2 Å². The molecular formula is C15H29NO2. The highest BCUT2D eigenvalue weighted by molar-refractivity contribution is 4.89. The summed E-state index contributed by atoms with van der Waals surface area (Å²) < 4.78 is 12.1. The van der Waals surface area contributed by atoms with Gasteiger partial charge in [-0.05, 0) is 45.1 Å². The molecule has 3 nitrogen and oxygen atoms in total. The second-order valence-electron chi connectivity index (χ2n) is 6.21. The third-order valence-electron chi connectivity index (χ3n) is 4.40. The number of ether oxygens (including phenoxy) is 2. The summed E-state index contributed by atoms with van der Waals surface area (Å²) in [6.45, 7) is 5.03. The van der Waals surface area contributed by atoms with E-state index in [1.54, 1.807) is 0 Å². The topological polar surface area (TPSA) is 30.5 Å². The first-order valence-electron chi connectivity index (χ1n) is 7.64. The van der Waals surface area contributed by atoms with Crippen molar-refractivity contribution in [2.75, 3.05) is 26.8 Å². The van der Waals surface area contributed by atoms with Gasteiger partial charge in [-0.25, -0.2) is 0 Å². The minimum absolute atomic E-state index is 0.0627. The summed E-state index contributed by atoms with van der Waals surface area (Å²) in [5.41, 5.74) is 0.0627. The molecule has 2 fully saturated rings. The monoisotopic (exact) mass is 255 g/mol. The number of likely N-dealkylation sites (N-methyl/N-ethyl adjacent to an activating group) is 1. The highest BCUT2D eigenvalue weighted by atomic mass is 16.5. The molecule has 1 saturated heterocycles. The van der Waals surface area contributed by atoms with Crippen LogP contribution in [0.5, 0.6) is 0 Å². The van der Waals surface area contributed by atoms with E-state index in [0.29, 0.717) is 6.10 Å². The van der Waals surface area contributed by atoms with Crippen LogP contribution in [0.2, 0.25) is 0 Å². The SMILES string of the molecule is CNCC1(OCC2CCCCO2)CCCC(C)C1. The lowest BCUT2D eigenvalue weighted by Gasteiger charge is -2.41. The fourth-order valence-electron chi connectivity index (χ4n) is 3.49. The molecule has 1 aliphatic carbocycles. The average molecular weight is 255 g/mol. The maximum atomic E-state index is 6.33. The summed E-state index contributed by atoms with van der Waals surface area (Å²) in [6.07, 6.45) is 9.07. The Bertz CT molecular complexity index is 237. The van der Waals surface area contributed by atoms with Crippen molar-refractivity contribution in [2.24, 2.45) is 5.92 Å². The summed E-state index contributed by atoms with van der Waals surface area (Å²) in [7, 11) is 2.03. The molecule has 18 heavy (non-hydrogen) atoms. The molecular weight excluding hydrogens is 226 g/mol. The Labute approximate surface area is 112 Å². The Hall–Kier alpha value is -0.120. The minimum atomic E-state index is 0.0627. The average Bonchev–Trinajstić information content (AvgIpc) is 2.38. The van der Waals surface area contributed by atoms with Gasteiger partial charge in [-0.3, -0.25) is 0 Å². The first-order chi connectivity index (χ1) is 8.74. The molecule has 0 amide bonds. The van der Waals surface area contributed by atoms with Gasteiger partial charge in [0.2, 0.25) is 0 Å². The van der Waals surface area contributed by atoms with Crippen LogP contribution in [-0.2, 0) is 9.47 Å². The Morgan fingerprint density at radius 1 is 1.28 bits per heavy atom. The van der Waals surface area contributed by atoms with Crippen molar-refractivity contribution in [2.45, 2.75) is 63.6 Å². The van der Waals surface area contributed by atoms with Crippen molar-refractivity contribution in [3.8, 4) is 0 Å². The van der Waals surface area contributed by atoms with E-state index in [-0.39, 0.29) is 5.60 Å². The lowest BCUT2D eigenvalue weighted by molar-refractivity contribution is -0.125. The van der Waals surface area contributed by atoms with Crippen LogP contribution in [0.25, 0.3) is 0 Å². The number of hydrogen-bond acceptors (Lipinski definition) is 3. The van der Waals surface area contributed by atoms with Crippen LogP contribution in [0.15, 0.2) is 0 Å². The second kappa shape index (κ2) is 6.88. The third kappa shape index (κ3) is 3.94. The lowest BCUT2D eigenvalue weighted by atomic mass is 9.78. The first-order valence-corrected chi connectivity index (χ1v) is 7.64. The largest absolute Gasteiger partial charge is 0.376 e. The van der Waals surface area contributed by atoms with Crippen LogP contribution in [0.3, 0.4) is 0 Å². The first kappa shape index (κ1) is 14.3. The van der Waals surface area contributed by atoms with Crippen LogP contribution in [0, 0.1) is 5.92 Å². The molecule has 1 aliphatic heterocycles. The van der Waals surface area contributed by atoms with E-state index in [0.717, 1.165) is 25.7 Å². The Morgan fingerprint density at radius 3 is 2.83 bits per heavy atom. The quantitative estimate of drug-likeness (QED) is 0.819. The van der Waals surface area contributed by atoms with E-state index < -0.39 is 0 Å². The fourth-order valence-corrected chi connectivity index (χ4v) is 3.49. The summed E-state index contributed by atoms with van der Waals surface area (Å²) in [5.74, 6) is 0.791. The van der Waals surface area contributed by atoms with Crippen LogP contribution in [0.1, 0.15) is 51.9 Å². The zero-order valence-corrected chi connectivity index (χ0v) is 12.0. The van der Waals surface area contributed by atoms with Gasteiger partial charge in [0.1, 0.15) is 0 Å². The van der Waals surface area contributed by atoms with Gasteiger partial charge in [-0.1, -0.05) is 19.8 Å². The third-order valence-corrected chi connectivity index (χ3v) is 4.40. The van der Waals surface area contributed by atoms with Crippen molar-refractivity contribution in [3.63, 3.8) is 0 Å². The van der Waals surface area contributed by atoms with Gasteiger partial charge in [0.25, 0.3) is 0 Å². The Balaban J connectivity index is 1.84. The molecule has 0 aromatic heterocycles. The summed E-state index contributed by atoms with van der Waals surface area (Å²) >= 11 is 0. The summed E-state index contributed by atoms with van der Waals surface area (Å²) in [4.78, 5) is 0. The van der Waals surface area contributed by atoms with Gasteiger partial charge in [0.15, 0.2) is 0 Å². The molecule has 1 N–H and O–H groups in total. The van der Waals surface area contributed by atoms with Crippen LogP contribution < -0.4 is 5.32 Å². The molecule has 3 atom stereocenters. The van der Waals surface area contributed by atoms with E-state index in [1.165, 1.54) is 44.9 Å². The molecule has 1 heterocycles. The molecule has 0 aromatic rings. The maximum absolute atomic E-state index is 6.33. The molecule has 0 spiro atoms. The molecule has 0 bridgehead atoms. The van der Waals surface area contributed by atoms with Crippen molar-refractivity contribution >= 4 is 0 Å². The normalized spacial score (nSPS) is 37.7. The van der Waals surface area contributed by atoms with Gasteiger partial charge in [-0.15, -0.1) is 0 Å². The van der Waals surface area contributed by atoms with Crippen molar-refractivity contribution in [1.82, 2.24) is 5.32 Å². The standard InChI is InChI=1S/C15H29NO2/c1-13-6-5-8-15(10-13,12-16-2)18-11-14-7-3-4-9-17-14/h13-14,16H,3-12H2,1-2H3. The van der Waals surface area contributed by atoms with Crippen molar-refractivity contribution < 1.29 is 9.47 Å². The number of nitrogens with one attached hydrogen (secondary N) is 1. The van der Waals surface area contributed by atoms with E-state index in [9.17, 15) is 0 Å². The molecule has 3 unspecified atom stereocenters. The van der Waals surface area contributed by atoms with Gasteiger partial charge in [-0.2, -0.15) is 0 Å². The zero-order chi connectivity index (χ0) is 12.8. The van der Waals surface area contributed by atoms with Crippen molar-refractivity contribution in [3.05, 3.63) is 0 Å². The minimum Gasteiger partial charge on any atom is -0.376 e. The van der Waals surface area contributed by atoms with Gasteiger partial charge in [0.05, 0.1) is 18.3 Å². The summed E-state index contributed by atoms with van der Waals surface area (Å²) in [5, 5.41) is 3.32. The predicted molar refractivity (Wildman–Crippen MR) is 73.8 cm³/mol. The maximum Gasteiger partial charge on any atom is 0.0810 e. The van der Waals surface area contributed by atoms with Crippen LogP contribution in [-0.4, -0.2) is 38.5 Å². The predicted octanol–water partition coefficient (Wildman–Crippen LogP) is 2.74. The van der Waals surface area contributed by atoms with Crippen LogP contribution >= 0.6 is 0 Å². The second-order valence-corrected chi connectivity index (χ2v) is 6.21. The van der Waals surface area contributed by atoms with E-state index >= 15 is 0 Å². The van der Waals surface area contributed by atoms with Gasteiger partial charge in [0, 0.05) is 13.2 Å². The fraction of sp³-hybridized carbons (Fsp3) is 1.00. The molecule has 0 aromatic carbocycles. The van der Waals surface area contributed by atoms with Crippen LogP contribution in [0.4, 0.5) is 0 Å². The highest BCUT2D eigenvalue weighted by Gasteiger charge is 2.36. The Kier molecular flexibility index (Phi) is 5.46. The van der Waals surface area contributed by atoms with E-state index in [1.807, 2.05) is 7.05 Å². The highest BCUT2D eigenvalue weighted by Crippen LogP contribution is 2.35. The number of hydrogen-bond donors (Lipinski definition) is 1. The van der Waals surface area contributed by atoms with Crippen molar-refractivity contribution in [1.29, 1.82) is 0 Å². The summed E-state index contributed by atoms with van der Waals surface area (Å²) in [6, 6.07) is 0. The lowest BCUT2D eigenvalue weighted by Crippen LogP contribution is -2.47. The molecule has 0 radical (unpaired) electrons. The smallest absolute Gasteiger partial charge is 0.0810 e. The molecule has 3 heteroatoms. The molecule has 2 aliphatic rings. The van der Waals surface area contributed by atoms with Gasteiger partial charge >= 0.3 is 0 Å². The molecule has 106 valence electrons. The molecule has 2 rings (SSSR count). The number of rotatable bonds is 5. The van der Waals surface area contributed by atoms with E-state index in [4.69, 9.17) is 9.47 Å².